The van der Waals surface area contributed by atoms with Crippen LogP contribution in [0.2, 0.25) is 0 Å². The predicted molar refractivity (Wildman–Crippen MR) is 70.4 cm³/mol. The highest BCUT2D eigenvalue weighted by Gasteiger charge is 2.21. The molecule has 0 unspecified atom stereocenters. The molecule has 0 saturated carbocycles. The van der Waals surface area contributed by atoms with Crippen LogP contribution < -0.4 is 10.1 Å². The molecule has 3 heteroatoms. The molecular formula is C14H22N2O. The molecule has 1 atom stereocenters. The van der Waals surface area contributed by atoms with Crippen molar-refractivity contribution >= 4 is 0 Å². The highest BCUT2D eigenvalue weighted by Crippen LogP contribution is 2.27. The van der Waals surface area contributed by atoms with Crippen molar-refractivity contribution in [3.8, 4) is 5.75 Å². The molecule has 17 heavy (non-hydrogen) atoms. The topological polar surface area (TPSA) is 24.5 Å². The largest absolute Gasteiger partial charge is 0.491 e. The van der Waals surface area contributed by atoms with Gasteiger partial charge in [0.05, 0.1) is 6.10 Å². The number of ether oxygens (including phenoxy) is 1. The van der Waals surface area contributed by atoms with Gasteiger partial charge in [-0.2, -0.15) is 0 Å². The summed E-state index contributed by atoms with van der Waals surface area (Å²) in [4.78, 5) is 2.35. The summed E-state index contributed by atoms with van der Waals surface area (Å²) >= 11 is 0. The van der Waals surface area contributed by atoms with E-state index in [2.05, 4.69) is 49.3 Å². The standard InChI is InChI=1S/C14H22N2O/c1-11(2)17-14-7-5-4-6-12(14)13-10-16(3)9-8-15-13/h4-7,11,13,15H,8-10H2,1-3H3/t13-/m1/s1. The van der Waals surface area contributed by atoms with Crippen molar-refractivity contribution in [2.24, 2.45) is 0 Å². The molecule has 1 saturated heterocycles. The molecule has 1 fully saturated rings. The minimum absolute atomic E-state index is 0.220. The van der Waals surface area contributed by atoms with Crippen LogP contribution >= 0.6 is 0 Å². The summed E-state index contributed by atoms with van der Waals surface area (Å²) in [5, 5.41) is 3.56. The highest BCUT2D eigenvalue weighted by atomic mass is 16.5. The minimum Gasteiger partial charge on any atom is -0.491 e. The van der Waals surface area contributed by atoms with Gasteiger partial charge in [-0.3, -0.25) is 0 Å². The van der Waals surface area contributed by atoms with E-state index in [0.717, 1.165) is 25.4 Å². The third kappa shape index (κ3) is 3.20. The van der Waals surface area contributed by atoms with Gasteiger partial charge >= 0.3 is 0 Å². The first-order valence-electron chi connectivity index (χ1n) is 6.34. The average Bonchev–Trinajstić information content (AvgIpc) is 2.29. The summed E-state index contributed by atoms with van der Waals surface area (Å²) in [6.45, 7) is 7.33. The zero-order chi connectivity index (χ0) is 12.3. The molecule has 0 amide bonds. The average molecular weight is 234 g/mol. The van der Waals surface area contributed by atoms with Crippen LogP contribution in [0.1, 0.15) is 25.5 Å². The number of para-hydroxylation sites is 1. The Morgan fingerprint density at radius 3 is 2.82 bits per heavy atom. The van der Waals surface area contributed by atoms with Crippen molar-refractivity contribution in [2.45, 2.75) is 26.0 Å². The van der Waals surface area contributed by atoms with Crippen molar-refractivity contribution in [1.82, 2.24) is 10.2 Å². The van der Waals surface area contributed by atoms with Crippen molar-refractivity contribution in [3.63, 3.8) is 0 Å². The summed E-state index contributed by atoms with van der Waals surface area (Å²) in [7, 11) is 2.17. The van der Waals surface area contributed by atoms with Gasteiger partial charge in [0.2, 0.25) is 0 Å². The Labute approximate surface area is 104 Å². The van der Waals surface area contributed by atoms with E-state index in [4.69, 9.17) is 4.74 Å². The van der Waals surface area contributed by atoms with Gasteiger partial charge < -0.3 is 15.0 Å². The van der Waals surface area contributed by atoms with E-state index in [-0.39, 0.29) is 6.10 Å². The van der Waals surface area contributed by atoms with Crippen molar-refractivity contribution < 1.29 is 4.74 Å². The van der Waals surface area contributed by atoms with Gasteiger partial charge in [0, 0.05) is 31.2 Å². The second-order valence-corrected chi connectivity index (χ2v) is 4.97. The molecule has 1 aliphatic rings. The lowest BCUT2D eigenvalue weighted by atomic mass is 10.0. The molecule has 1 N–H and O–H groups in total. The number of rotatable bonds is 3. The van der Waals surface area contributed by atoms with E-state index in [1.807, 2.05) is 6.07 Å². The summed E-state index contributed by atoms with van der Waals surface area (Å²) < 4.78 is 5.88. The Morgan fingerprint density at radius 2 is 2.12 bits per heavy atom. The molecular weight excluding hydrogens is 212 g/mol. The number of hydrogen-bond donors (Lipinski definition) is 1. The maximum absolute atomic E-state index is 5.88. The summed E-state index contributed by atoms with van der Waals surface area (Å²) in [5.41, 5.74) is 1.27. The molecule has 2 rings (SSSR count). The molecule has 3 nitrogen and oxygen atoms in total. The van der Waals surface area contributed by atoms with E-state index in [1.54, 1.807) is 0 Å². The lowest BCUT2D eigenvalue weighted by Gasteiger charge is -2.32. The number of benzene rings is 1. The molecule has 94 valence electrons. The predicted octanol–water partition coefficient (Wildman–Crippen LogP) is 2.05. The van der Waals surface area contributed by atoms with Crippen LogP contribution in [-0.2, 0) is 0 Å². The van der Waals surface area contributed by atoms with Gasteiger partial charge in [0.25, 0.3) is 0 Å². The van der Waals surface area contributed by atoms with Crippen molar-refractivity contribution in [1.29, 1.82) is 0 Å². The van der Waals surface area contributed by atoms with E-state index >= 15 is 0 Å². The van der Waals surface area contributed by atoms with Gasteiger partial charge in [-0.25, -0.2) is 0 Å². The number of nitrogens with zero attached hydrogens (tertiary/aromatic N) is 1. The summed E-state index contributed by atoms with van der Waals surface area (Å²) in [5.74, 6) is 1.01. The Kier molecular flexibility index (Phi) is 4.02. The van der Waals surface area contributed by atoms with Crippen LogP contribution in [0.25, 0.3) is 0 Å². The van der Waals surface area contributed by atoms with Crippen LogP contribution in [0.5, 0.6) is 5.75 Å². The monoisotopic (exact) mass is 234 g/mol. The van der Waals surface area contributed by atoms with E-state index in [9.17, 15) is 0 Å². The van der Waals surface area contributed by atoms with Crippen LogP contribution in [-0.4, -0.2) is 37.7 Å². The smallest absolute Gasteiger partial charge is 0.124 e. The normalized spacial score (nSPS) is 21.8. The van der Waals surface area contributed by atoms with E-state index in [1.165, 1.54) is 5.56 Å². The first-order chi connectivity index (χ1) is 8.16. The van der Waals surface area contributed by atoms with Crippen LogP contribution in [0, 0.1) is 0 Å². The Hall–Kier alpha value is -1.06. The SMILES string of the molecule is CC(C)Oc1ccccc1[C@H]1CN(C)CCN1. The molecule has 1 aromatic carbocycles. The second kappa shape index (κ2) is 5.52. The van der Waals surface area contributed by atoms with Crippen LogP contribution in [0.3, 0.4) is 0 Å². The Balaban J connectivity index is 2.18. The first kappa shape index (κ1) is 12.4. The van der Waals surface area contributed by atoms with Gasteiger partial charge in [-0.1, -0.05) is 18.2 Å². The molecule has 0 bridgehead atoms. The maximum atomic E-state index is 5.88. The number of piperazine rings is 1. The quantitative estimate of drug-likeness (QED) is 0.866. The zero-order valence-electron chi connectivity index (χ0n) is 10.9. The zero-order valence-corrected chi connectivity index (χ0v) is 10.9. The molecule has 1 aliphatic heterocycles. The highest BCUT2D eigenvalue weighted by molar-refractivity contribution is 5.36. The third-order valence-corrected chi connectivity index (χ3v) is 3.04. The molecule has 0 aliphatic carbocycles. The van der Waals surface area contributed by atoms with Crippen molar-refractivity contribution in [3.05, 3.63) is 29.8 Å². The molecule has 1 heterocycles. The fourth-order valence-corrected chi connectivity index (χ4v) is 2.24. The van der Waals surface area contributed by atoms with Crippen molar-refractivity contribution in [2.75, 3.05) is 26.7 Å². The fraction of sp³-hybridized carbons (Fsp3) is 0.571. The number of nitrogens with one attached hydrogen (secondary N) is 1. The lowest BCUT2D eigenvalue weighted by Crippen LogP contribution is -2.43. The minimum atomic E-state index is 0.220. The fourth-order valence-electron chi connectivity index (χ4n) is 2.24. The van der Waals surface area contributed by atoms with Gasteiger partial charge in [-0.15, -0.1) is 0 Å². The van der Waals surface area contributed by atoms with Gasteiger partial charge in [0.15, 0.2) is 0 Å². The summed E-state index contributed by atoms with van der Waals surface area (Å²) in [6, 6.07) is 8.72. The van der Waals surface area contributed by atoms with Gasteiger partial charge in [0.1, 0.15) is 5.75 Å². The number of likely N-dealkylation sites (N-methyl/N-ethyl adjacent to an activating group) is 1. The first-order valence-corrected chi connectivity index (χ1v) is 6.34. The molecule has 1 aromatic rings. The number of hydrogen-bond acceptors (Lipinski definition) is 3. The van der Waals surface area contributed by atoms with Crippen LogP contribution in [0.4, 0.5) is 0 Å². The Bertz CT molecular complexity index is 365. The lowest BCUT2D eigenvalue weighted by molar-refractivity contribution is 0.218. The van der Waals surface area contributed by atoms with Crippen LogP contribution in [0.15, 0.2) is 24.3 Å². The second-order valence-electron chi connectivity index (χ2n) is 4.97. The molecule has 0 aromatic heterocycles. The Morgan fingerprint density at radius 1 is 1.35 bits per heavy atom. The van der Waals surface area contributed by atoms with Gasteiger partial charge in [-0.05, 0) is 27.0 Å². The molecule has 0 spiro atoms. The maximum Gasteiger partial charge on any atom is 0.124 e. The van der Waals surface area contributed by atoms with E-state index < -0.39 is 0 Å². The third-order valence-electron chi connectivity index (χ3n) is 3.04. The molecule has 0 radical (unpaired) electrons. The van der Waals surface area contributed by atoms with E-state index in [0.29, 0.717) is 6.04 Å². The summed E-state index contributed by atoms with van der Waals surface area (Å²) in [6.07, 6.45) is 0.220.